The second-order valence-electron chi connectivity index (χ2n) is 4.45. The minimum Gasteiger partial charge on any atom is -0.103 e. The van der Waals surface area contributed by atoms with Crippen LogP contribution in [0.15, 0.2) is 12.7 Å². The highest BCUT2D eigenvalue weighted by atomic mass is 14.1. The van der Waals surface area contributed by atoms with Crippen LogP contribution < -0.4 is 0 Å². The number of hydrogen-bond acceptors (Lipinski definition) is 0. The van der Waals surface area contributed by atoms with Crippen LogP contribution in [0.1, 0.15) is 59.3 Å². The zero-order chi connectivity index (χ0) is 10.1. The van der Waals surface area contributed by atoms with E-state index in [1.54, 1.807) is 0 Å². The molecule has 0 aliphatic carbocycles. The number of allylic oxidation sites excluding steroid dienone is 1. The maximum Gasteiger partial charge on any atom is -0.0351 e. The van der Waals surface area contributed by atoms with Crippen molar-refractivity contribution in [2.45, 2.75) is 59.3 Å². The van der Waals surface area contributed by atoms with Gasteiger partial charge >= 0.3 is 0 Å². The molecule has 78 valence electrons. The molecule has 0 saturated carbocycles. The summed E-state index contributed by atoms with van der Waals surface area (Å²) >= 11 is 0. The fraction of sp³-hybridized carbons (Fsp3) is 0.846. The molecule has 0 saturated heterocycles. The number of unbranched alkanes of at least 4 members (excludes halogenated alkanes) is 1. The summed E-state index contributed by atoms with van der Waals surface area (Å²) in [5.74, 6) is 1.80. The highest BCUT2D eigenvalue weighted by Crippen LogP contribution is 2.20. The number of rotatable bonds is 8. The molecule has 0 spiro atoms. The maximum absolute atomic E-state index is 3.76. The molecule has 2 atom stereocenters. The normalized spacial score (nSPS) is 15.3. The quantitative estimate of drug-likeness (QED) is 0.473. The predicted molar refractivity (Wildman–Crippen MR) is 61.9 cm³/mol. The highest BCUT2D eigenvalue weighted by molar-refractivity contribution is 4.69. The lowest BCUT2D eigenvalue weighted by atomic mass is 9.90. The average Bonchev–Trinajstić information content (AvgIpc) is 2.11. The van der Waals surface area contributed by atoms with Gasteiger partial charge in [0.1, 0.15) is 0 Å². The van der Waals surface area contributed by atoms with E-state index in [0.29, 0.717) is 0 Å². The van der Waals surface area contributed by atoms with Gasteiger partial charge in [0.05, 0.1) is 0 Å². The van der Waals surface area contributed by atoms with Crippen molar-refractivity contribution < 1.29 is 0 Å². The lowest BCUT2D eigenvalue weighted by Crippen LogP contribution is -2.02. The van der Waals surface area contributed by atoms with E-state index in [1.165, 1.54) is 38.5 Å². The standard InChI is InChI=1S/C13H26/c1-5-7-9-12(3)11-13(4)10-8-6-2/h5,12-13H,1,6-11H2,2-4H3. The molecule has 0 aromatic carbocycles. The van der Waals surface area contributed by atoms with Crippen LogP contribution in [0.4, 0.5) is 0 Å². The molecule has 0 aliphatic rings. The summed E-state index contributed by atoms with van der Waals surface area (Å²) in [5, 5.41) is 0. The van der Waals surface area contributed by atoms with Gasteiger partial charge in [-0.1, -0.05) is 46.1 Å². The van der Waals surface area contributed by atoms with Gasteiger partial charge in [0, 0.05) is 0 Å². The first-order valence-electron chi connectivity index (χ1n) is 5.81. The van der Waals surface area contributed by atoms with Gasteiger partial charge in [-0.25, -0.2) is 0 Å². The molecule has 0 aliphatic heterocycles. The van der Waals surface area contributed by atoms with Crippen LogP contribution >= 0.6 is 0 Å². The van der Waals surface area contributed by atoms with Crippen LogP contribution in [0.25, 0.3) is 0 Å². The second-order valence-corrected chi connectivity index (χ2v) is 4.45. The highest BCUT2D eigenvalue weighted by Gasteiger charge is 2.07. The van der Waals surface area contributed by atoms with E-state index < -0.39 is 0 Å². The van der Waals surface area contributed by atoms with Crippen molar-refractivity contribution in [3.05, 3.63) is 12.7 Å². The summed E-state index contributed by atoms with van der Waals surface area (Å²) < 4.78 is 0. The van der Waals surface area contributed by atoms with Gasteiger partial charge in [0.15, 0.2) is 0 Å². The Bertz CT molecular complexity index is 115. The molecule has 0 nitrogen and oxygen atoms in total. The third kappa shape index (κ3) is 8.08. The molecular weight excluding hydrogens is 156 g/mol. The molecule has 0 aromatic rings. The van der Waals surface area contributed by atoms with Gasteiger partial charge in [-0.05, 0) is 31.1 Å². The van der Waals surface area contributed by atoms with Crippen molar-refractivity contribution in [2.24, 2.45) is 11.8 Å². The van der Waals surface area contributed by atoms with Crippen LogP contribution in [-0.4, -0.2) is 0 Å². The van der Waals surface area contributed by atoms with Crippen molar-refractivity contribution in [1.29, 1.82) is 0 Å². The molecule has 0 bridgehead atoms. The third-order valence-corrected chi connectivity index (χ3v) is 2.72. The fourth-order valence-electron chi connectivity index (χ4n) is 1.88. The molecule has 0 amide bonds. The predicted octanol–water partition coefficient (Wildman–Crippen LogP) is 4.81. The maximum atomic E-state index is 3.76. The molecule has 0 radical (unpaired) electrons. The van der Waals surface area contributed by atoms with Gasteiger partial charge in [-0.15, -0.1) is 6.58 Å². The molecule has 0 aromatic heterocycles. The van der Waals surface area contributed by atoms with Crippen LogP contribution in [0.2, 0.25) is 0 Å². The van der Waals surface area contributed by atoms with E-state index in [-0.39, 0.29) is 0 Å². The Morgan fingerprint density at radius 2 is 1.77 bits per heavy atom. The van der Waals surface area contributed by atoms with Crippen molar-refractivity contribution in [3.63, 3.8) is 0 Å². The van der Waals surface area contributed by atoms with Gasteiger partial charge < -0.3 is 0 Å². The molecule has 0 rings (SSSR count). The molecule has 13 heavy (non-hydrogen) atoms. The van der Waals surface area contributed by atoms with Crippen LogP contribution in [0, 0.1) is 11.8 Å². The smallest absolute Gasteiger partial charge is 0.0351 e. The van der Waals surface area contributed by atoms with E-state index in [0.717, 1.165) is 11.8 Å². The summed E-state index contributed by atoms with van der Waals surface area (Å²) in [6, 6.07) is 0. The SMILES string of the molecule is C=CCCC(C)CC(C)CCCC. The van der Waals surface area contributed by atoms with Crippen LogP contribution in [-0.2, 0) is 0 Å². The molecule has 0 fully saturated rings. The molecule has 0 heterocycles. The Morgan fingerprint density at radius 3 is 2.31 bits per heavy atom. The first-order chi connectivity index (χ1) is 6.20. The average molecular weight is 182 g/mol. The summed E-state index contributed by atoms with van der Waals surface area (Å²) in [6.45, 7) is 10.8. The Labute approximate surface area is 84.4 Å². The summed E-state index contributed by atoms with van der Waals surface area (Å²) in [5.41, 5.74) is 0. The van der Waals surface area contributed by atoms with Gasteiger partial charge in [-0.2, -0.15) is 0 Å². The summed E-state index contributed by atoms with van der Waals surface area (Å²) in [7, 11) is 0. The Hall–Kier alpha value is -0.260. The van der Waals surface area contributed by atoms with Crippen molar-refractivity contribution >= 4 is 0 Å². The molecular formula is C13H26. The first-order valence-corrected chi connectivity index (χ1v) is 5.81. The van der Waals surface area contributed by atoms with E-state index in [2.05, 4.69) is 27.4 Å². The zero-order valence-corrected chi connectivity index (χ0v) is 9.68. The summed E-state index contributed by atoms with van der Waals surface area (Å²) in [4.78, 5) is 0. The van der Waals surface area contributed by atoms with E-state index in [9.17, 15) is 0 Å². The first kappa shape index (κ1) is 12.7. The minimum atomic E-state index is 0.879. The summed E-state index contributed by atoms with van der Waals surface area (Å²) in [6.07, 6.45) is 10.1. The van der Waals surface area contributed by atoms with E-state index in [1.807, 2.05) is 6.08 Å². The molecule has 0 heteroatoms. The van der Waals surface area contributed by atoms with E-state index >= 15 is 0 Å². The molecule has 0 N–H and O–H groups in total. The van der Waals surface area contributed by atoms with Crippen molar-refractivity contribution in [3.8, 4) is 0 Å². The lowest BCUT2D eigenvalue weighted by Gasteiger charge is -2.16. The van der Waals surface area contributed by atoms with Crippen molar-refractivity contribution in [1.82, 2.24) is 0 Å². The van der Waals surface area contributed by atoms with Gasteiger partial charge in [0.25, 0.3) is 0 Å². The zero-order valence-electron chi connectivity index (χ0n) is 9.68. The van der Waals surface area contributed by atoms with E-state index in [4.69, 9.17) is 0 Å². The Morgan fingerprint density at radius 1 is 1.15 bits per heavy atom. The monoisotopic (exact) mass is 182 g/mol. The van der Waals surface area contributed by atoms with Gasteiger partial charge in [-0.3, -0.25) is 0 Å². The largest absolute Gasteiger partial charge is 0.103 e. The second kappa shape index (κ2) is 8.34. The van der Waals surface area contributed by atoms with Crippen molar-refractivity contribution in [2.75, 3.05) is 0 Å². The lowest BCUT2D eigenvalue weighted by molar-refractivity contribution is 0.372. The topological polar surface area (TPSA) is 0 Å². The fourth-order valence-corrected chi connectivity index (χ4v) is 1.88. The van der Waals surface area contributed by atoms with Gasteiger partial charge in [0.2, 0.25) is 0 Å². The third-order valence-electron chi connectivity index (χ3n) is 2.72. The molecule has 2 unspecified atom stereocenters. The minimum absolute atomic E-state index is 0.879. The Balaban J connectivity index is 3.40. The van der Waals surface area contributed by atoms with Crippen LogP contribution in [0.5, 0.6) is 0 Å². The number of hydrogen-bond donors (Lipinski definition) is 0. The Kier molecular flexibility index (Phi) is 8.18. The van der Waals surface area contributed by atoms with Crippen LogP contribution in [0.3, 0.4) is 0 Å².